The molecule has 22 heavy (non-hydrogen) atoms. The number of aliphatic carboxylic acids is 1. The van der Waals surface area contributed by atoms with Gasteiger partial charge in [0.1, 0.15) is 0 Å². The maximum Gasteiger partial charge on any atom is 0.303 e. The van der Waals surface area contributed by atoms with E-state index in [9.17, 15) is 9.90 Å². The van der Waals surface area contributed by atoms with E-state index >= 15 is 0 Å². The number of aliphatic hydroxyl groups is 1. The third-order valence-corrected chi connectivity index (χ3v) is 3.73. The van der Waals surface area contributed by atoms with Crippen LogP contribution in [0.3, 0.4) is 0 Å². The molecule has 0 heterocycles. The minimum absolute atomic E-state index is 0. The third-order valence-electron chi connectivity index (χ3n) is 3.73. The standard InChI is InChI=1S/C18H34O3.Cu/c1-2-3-4-11-14-17(19)15-12-9-7-5-6-8-10-13-16-18(20)21;/h9,12,17,19H,2-8,10-11,13-16H2,1H3,(H,20,21);/b12-9-;/t17-;/m1./s1. The van der Waals surface area contributed by atoms with Crippen molar-refractivity contribution in [2.45, 2.75) is 96.5 Å². The van der Waals surface area contributed by atoms with Crippen molar-refractivity contribution in [1.29, 1.82) is 0 Å². The van der Waals surface area contributed by atoms with Gasteiger partial charge in [-0.1, -0.05) is 64.0 Å². The Hall–Kier alpha value is -0.311. The molecular formula is C18H34CuO3. The smallest absolute Gasteiger partial charge is 0.303 e. The van der Waals surface area contributed by atoms with E-state index in [1.54, 1.807) is 0 Å². The minimum Gasteiger partial charge on any atom is -0.481 e. The van der Waals surface area contributed by atoms with Gasteiger partial charge in [-0.3, -0.25) is 4.79 Å². The normalized spacial score (nSPS) is 12.3. The van der Waals surface area contributed by atoms with Crippen molar-refractivity contribution < 1.29 is 32.1 Å². The van der Waals surface area contributed by atoms with Crippen molar-refractivity contribution in [2.24, 2.45) is 0 Å². The van der Waals surface area contributed by atoms with Crippen LogP contribution in [0.1, 0.15) is 90.4 Å². The Kier molecular flexibility index (Phi) is 20.4. The van der Waals surface area contributed by atoms with E-state index in [0.29, 0.717) is 6.42 Å². The Morgan fingerprint density at radius 2 is 1.59 bits per heavy atom. The van der Waals surface area contributed by atoms with Gasteiger partial charge in [-0.25, -0.2) is 0 Å². The Bertz CT molecular complexity index is 267. The van der Waals surface area contributed by atoms with Crippen molar-refractivity contribution in [3.63, 3.8) is 0 Å². The van der Waals surface area contributed by atoms with Gasteiger partial charge < -0.3 is 10.2 Å². The molecule has 0 rings (SSSR count). The summed E-state index contributed by atoms with van der Waals surface area (Å²) in [6.45, 7) is 2.20. The van der Waals surface area contributed by atoms with Gasteiger partial charge >= 0.3 is 5.97 Å². The van der Waals surface area contributed by atoms with E-state index in [1.807, 2.05) is 0 Å². The molecule has 3 nitrogen and oxygen atoms in total. The maximum atomic E-state index is 10.3. The monoisotopic (exact) mass is 361 g/mol. The van der Waals surface area contributed by atoms with Gasteiger partial charge in [0.25, 0.3) is 0 Å². The van der Waals surface area contributed by atoms with Crippen LogP contribution < -0.4 is 0 Å². The molecule has 0 saturated heterocycles. The third kappa shape index (κ3) is 19.7. The molecule has 0 unspecified atom stereocenters. The molecule has 0 spiro atoms. The maximum absolute atomic E-state index is 10.3. The molecule has 4 heteroatoms. The SMILES string of the molecule is CCCCCC[C@@H](O)C/C=C\CCCCCCCC(=O)O.[Cu]. The second-order valence-corrected chi connectivity index (χ2v) is 5.91. The first-order chi connectivity index (χ1) is 10.2. The van der Waals surface area contributed by atoms with E-state index in [1.165, 1.54) is 25.7 Å². The van der Waals surface area contributed by atoms with Gasteiger partial charge in [-0.2, -0.15) is 0 Å². The number of rotatable bonds is 15. The number of hydrogen-bond donors (Lipinski definition) is 2. The van der Waals surface area contributed by atoms with E-state index in [0.717, 1.165) is 51.4 Å². The molecule has 0 bridgehead atoms. The number of unbranched alkanes of at least 4 members (excludes halogenated alkanes) is 8. The van der Waals surface area contributed by atoms with Crippen LogP contribution in [0.5, 0.6) is 0 Å². The van der Waals surface area contributed by atoms with Crippen LogP contribution in [0.4, 0.5) is 0 Å². The number of carboxylic acid groups (broad SMARTS) is 1. The van der Waals surface area contributed by atoms with Crippen molar-refractivity contribution in [3.05, 3.63) is 12.2 Å². The largest absolute Gasteiger partial charge is 0.481 e. The van der Waals surface area contributed by atoms with Gasteiger partial charge in [-0.05, 0) is 32.1 Å². The summed E-state index contributed by atoms with van der Waals surface area (Å²) in [4.78, 5) is 10.3. The molecule has 0 aromatic heterocycles. The minimum atomic E-state index is -0.689. The summed E-state index contributed by atoms with van der Waals surface area (Å²) in [6, 6.07) is 0. The average molecular weight is 362 g/mol. The molecule has 0 fully saturated rings. The zero-order chi connectivity index (χ0) is 15.8. The Morgan fingerprint density at radius 3 is 2.27 bits per heavy atom. The van der Waals surface area contributed by atoms with Crippen molar-refractivity contribution >= 4 is 5.97 Å². The molecule has 135 valence electrons. The van der Waals surface area contributed by atoms with Gasteiger partial charge in [0.05, 0.1) is 6.10 Å². The summed E-state index contributed by atoms with van der Waals surface area (Å²) in [5, 5.41) is 18.3. The average Bonchev–Trinajstić information content (AvgIpc) is 2.45. The summed E-state index contributed by atoms with van der Waals surface area (Å²) < 4.78 is 0. The van der Waals surface area contributed by atoms with E-state index in [2.05, 4.69) is 19.1 Å². The van der Waals surface area contributed by atoms with Crippen molar-refractivity contribution in [3.8, 4) is 0 Å². The second kappa shape index (κ2) is 18.7. The van der Waals surface area contributed by atoms with Crippen LogP contribution in [0.2, 0.25) is 0 Å². The zero-order valence-corrected chi connectivity index (χ0v) is 15.0. The van der Waals surface area contributed by atoms with Gasteiger partial charge in [0, 0.05) is 23.5 Å². The Labute approximate surface area is 147 Å². The van der Waals surface area contributed by atoms with E-state index in [-0.39, 0.29) is 23.2 Å². The Morgan fingerprint density at radius 1 is 0.955 bits per heavy atom. The first kappa shape index (κ1) is 23.9. The molecule has 2 N–H and O–H groups in total. The van der Waals surface area contributed by atoms with Crippen LogP contribution in [-0.4, -0.2) is 22.3 Å². The fourth-order valence-electron chi connectivity index (χ4n) is 2.36. The topological polar surface area (TPSA) is 57.5 Å². The van der Waals surface area contributed by atoms with Gasteiger partial charge in [0.2, 0.25) is 0 Å². The van der Waals surface area contributed by atoms with Crippen LogP contribution in [-0.2, 0) is 21.9 Å². The number of allylic oxidation sites excluding steroid dienone is 1. The molecule has 0 aromatic carbocycles. The number of carbonyl (C=O) groups is 1. The molecular weight excluding hydrogens is 328 g/mol. The first-order valence-electron chi connectivity index (χ1n) is 8.71. The molecule has 0 aliphatic rings. The Balaban J connectivity index is 0. The van der Waals surface area contributed by atoms with Crippen molar-refractivity contribution in [1.82, 2.24) is 0 Å². The fraction of sp³-hybridized carbons (Fsp3) is 0.833. The summed E-state index contributed by atoms with van der Waals surface area (Å²) in [7, 11) is 0. The van der Waals surface area contributed by atoms with Crippen LogP contribution >= 0.6 is 0 Å². The quantitative estimate of drug-likeness (QED) is 0.243. The molecule has 0 aliphatic heterocycles. The molecule has 0 saturated carbocycles. The predicted octanol–water partition coefficient (Wildman–Crippen LogP) is 5.08. The van der Waals surface area contributed by atoms with Crippen LogP contribution in [0.25, 0.3) is 0 Å². The summed E-state index contributed by atoms with van der Waals surface area (Å²) in [5.74, 6) is -0.689. The summed E-state index contributed by atoms with van der Waals surface area (Å²) in [5.41, 5.74) is 0. The van der Waals surface area contributed by atoms with Crippen LogP contribution in [0.15, 0.2) is 12.2 Å². The zero-order valence-electron chi connectivity index (χ0n) is 14.0. The summed E-state index contributed by atoms with van der Waals surface area (Å²) in [6.07, 6.45) is 17.4. The molecule has 0 aliphatic carbocycles. The predicted molar refractivity (Wildman–Crippen MR) is 88.5 cm³/mol. The van der Waals surface area contributed by atoms with Gasteiger partial charge in [0.15, 0.2) is 0 Å². The van der Waals surface area contributed by atoms with Crippen LogP contribution in [0, 0.1) is 0 Å². The number of hydrogen-bond acceptors (Lipinski definition) is 2. The van der Waals surface area contributed by atoms with E-state index < -0.39 is 5.97 Å². The second-order valence-electron chi connectivity index (χ2n) is 5.91. The first-order valence-corrected chi connectivity index (χ1v) is 8.71. The summed E-state index contributed by atoms with van der Waals surface area (Å²) >= 11 is 0. The number of aliphatic hydroxyl groups excluding tert-OH is 1. The molecule has 1 radical (unpaired) electrons. The fourth-order valence-corrected chi connectivity index (χ4v) is 2.36. The van der Waals surface area contributed by atoms with Crippen molar-refractivity contribution in [2.75, 3.05) is 0 Å². The molecule has 1 atom stereocenters. The number of carboxylic acids is 1. The van der Waals surface area contributed by atoms with E-state index in [4.69, 9.17) is 5.11 Å². The van der Waals surface area contributed by atoms with Gasteiger partial charge in [-0.15, -0.1) is 0 Å². The molecule has 0 aromatic rings. The molecule has 0 amide bonds.